The molecule has 1 heterocycles. The van der Waals surface area contributed by atoms with Gasteiger partial charge in [-0.05, 0) is 29.2 Å². The number of hydrogen-bond acceptors (Lipinski definition) is 6. The van der Waals surface area contributed by atoms with E-state index in [-0.39, 0.29) is 6.42 Å². The Morgan fingerprint density at radius 3 is 3.11 bits per heavy atom. The molecule has 0 fully saturated rings. The second-order valence-corrected chi connectivity index (χ2v) is 5.47. The van der Waals surface area contributed by atoms with E-state index in [1.807, 2.05) is 24.3 Å². The van der Waals surface area contributed by atoms with E-state index in [1.165, 1.54) is 23.3 Å². The number of ether oxygens (including phenoxy) is 1. The van der Waals surface area contributed by atoms with E-state index >= 15 is 0 Å². The molecule has 0 unspecified atom stereocenters. The normalized spacial score (nSPS) is 10.4. The molecule has 0 aliphatic heterocycles. The molecule has 1 N–H and O–H groups in total. The Kier molecular flexibility index (Phi) is 4.75. The van der Waals surface area contributed by atoms with E-state index in [4.69, 9.17) is 9.84 Å². The summed E-state index contributed by atoms with van der Waals surface area (Å²) >= 11 is 2.70. The third-order valence-electron chi connectivity index (χ3n) is 2.34. The Labute approximate surface area is 118 Å². The molecule has 0 bridgehead atoms. The minimum absolute atomic E-state index is 0.111. The summed E-state index contributed by atoms with van der Waals surface area (Å²) in [6, 6.07) is 7.64. The van der Waals surface area contributed by atoms with Crippen molar-refractivity contribution in [3.63, 3.8) is 0 Å². The number of carbonyl (C=O) groups is 1. The van der Waals surface area contributed by atoms with Crippen LogP contribution in [0.5, 0.6) is 5.75 Å². The molecule has 19 heavy (non-hydrogen) atoms. The van der Waals surface area contributed by atoms with Crippen LogP contribution in [0.25, 0.3) is 10.4 Å². The number of benzene rings is 1. The van der Waals surface area contributed by atoms with Gasteiger partial charge in [-0.2, -0.15) is 0 Å². The summed E-state index contributed by atoms with van der Waals surface area (Å²) in [5, 5.41) is 13.4. The van der Waals surface area contributed by atoms with Gasteiger partial charge in [0.05, 0.1) is 18.4 Å². The van der Waals surface area contributed by atoms with Gasteiger partial charge >= 0.3 is 5.97 Å². The zero-order valence-electron chi connectivity index (χ0n) is 10.2. The minimum Gasteiger partial charge on any atom is -0.497 e. The maximum absolute atomic E-state index is 10.5. The minimum atomic E-state index is -0.807. The van der Waals surface area contributed by atoms with E-state index < -0.39 is 5.97 Å². The fourth-order valence-corrected chi connectivity index (χ4v) is 3.17. The highest BCUT2D eigenvalue weighted by Crippen LogP contribution is 2.34. The first-order valence-corrected chi connectivity index (χ1v) is 7.28. The number of nitrogens with zero attached hydrogens (tertiary/aromatic N) is 2. The zero-order valence-corrected chi connectivity index (χ0v) is 11.8. The highest BCUT2D eigenvalue weighted by Gasteiger charge is 2.12. The molecule has 0 saturated heterocycles. The number of aliphatic carboxylic acids is 1. The maximum atomic E-state index is 10.5. The Morgan fingerprint density at radius 2 is 2.37 bits per heavy atom. The molecule has 100 valence electrons. The lowest BCUT2D eigenvalue weighted by atomic mass is 10.2. The Bertz CT molecular complexity index is 572. The average molecular weight is 296 g/mol. The van der Waals surface area contributed by atoms with E-state index in [0.29, 0.717) is 5.75 Å². The molecule has 2 aromatic rings. The molecule has 0 amide bonds. The molecule has 0 atom stereocenters. The van der Waals surface area contributed by atoms with E-state index in [1.54, 1.807) is 7.11 Å². The number of methoxy groups -OCH3 is 1. The summed E-state index contributed by atoms with van der Waals surface area (Å²) in [6.07, 6.45) is 0.111. The van der Waals surface area contributed by atoms with Gasteiger partial charge in [0.1, 0.15) is 10.8 Å². The number of hydrogen-bond donors (Lipinski definition) is 1. The van der Waals surface area contributed by atoms with Crippen LogP contribution in [0.3, 0.4) is 0 Å². The van der Waals surface area contributed by atoms with E-state index in [2.05, 4.69) is 9.59 Å². The Hall–Kier alpha value is -1.60. The van der Waals surface area contributed by atoms with Crippen molar-refractivity contribution in [1.29, 1.82) is 0 Å². The van der Waals surface area contributed by atoms with Gasteiger partial charge in [0.15, 0.2) is 0 Å². The van der Waals surface area contributed by atoms with Gasteiger partial charge in [0.25, 0.3) is 0 Å². The van der Waals surface area contributed by atoms with Crippen LogP contribution in [0.4, 0.5) is 0 Å². The fourth-order valence-electron chi connectivity index (χ4n) is 1.45. The lowest BCUT2D eigenvalue weighted by Crippen LogP contribution is -1.96. The van der Waals surface area contributed by atoms with Crippen LogP contribution < -0.4 is 4.74 Å². The number of carboxylic acid groups (broad SMARTS) is 1. The summed E-state index contributed by atoms with van der Waals surface area (Å²) in [4.78, 5) is 11.4. The largest absolute Gasteiger partial charge is 0.497 e. The van der Waals surface area contributed by atoms with Gasteiger partial charge < -0.3 is 9.84 Å². The summed E-state index contributed by atoms with van der Waals surface area (Å²) in [5.41, 5.74) is 0.979. The lowest BCUT2D eigenvalue weighted by Gasteiger charge is -2.03. The molecule has 0 radical (unpaired) electrons. The van der Waals surface area contributed by atoms with E-state index in [0.717, 1.165) is 21.2 Å². The molecule has 1 aromatic heterocycles. The molecule has 0 aliphatic carbocycles. The second-order valence-electron chi connectivity index (χ2n) is 3.63. The second kappa shape index (κ2) is 6.53. The van der Waals surface area contributed by atoms with Gasteiger partial charge in [-0.25, -0.2) is 0 Å². The third kappa shape index (κ3) is 3.68. The summed E-state index contributed by atoms with van der Waals surface area (Å²) < 4.78 is 9.12. The van der Waals surface area contributed by atoms with Gasteiger partial charge in [-0.1, -0.05) is 16.6 Å². The first-order chi connectivity index (χ1) is 9.20. The zero-order chi connectivity index (χ0) is 13.7. The first-order valence-electron chi connectivity index (χ1n) is 5.52. The van der Waals surface area contributed by atoms with Crippen molar-refractivity contribution in [2.75, 3.05) is 12.9 Å². The maximum Gasteiger partial charge on any atom is 0.304 e. The van der Waals surface area contributed by atoms with Crippen molar-refractivity contribution in [1.82, 2.24) is 9.59 Å². The smallest absolute Gasteiger partial charge is 0.304 e. The topological polar surface area (TPSA) is 72.3 Å². The van der Waals surface area contributed by atoms with Crippen LogP contribution in [-0.4, -0.2) is 33.5 Å². The van der Waals surface area contributed by atoms with Gasteiger partial charge in [-0.3, -0.25) is 4.79 Å². The molecular formula is C12H12N2O3S2. The molecule has 5 nitrogen and oxygen atoms in total. The standard InChI is InChI=1S/C12H12N2O3S2/c1-17-9-4-2-3-8(7-9)11-12(13-14-19-11)18-6-5-10(15)16/h2-4,7H,5-6H2,1H3,(H,15,16). The highest BCUT2D eigenvalue weighted by molar-refractivity contribution is 7.99. The third-order valence-corrected chi connectivity index (χ3v) is 4.22. The number of aromatic nitrogens is 2. The molecule has 0 aliphatic rings. The van der Waals surface area contributed by atoms with Gasteiger partial charge in [0, 0.05) is 5.75 Å². The van der Waals surface area contributed by atoms with Crippen LogP contribution in [-0.2, 0) is 4.79 Å². The highest BCUT2D eigenvalue weighted by atomic mass is 32.2. The van der Waals surface area contributed by atoms with Crippen molar-refractivity contribution >= 4 is 29.3 Å². The average Bonchev–Trinajstić information content (AvgIpc) is 2.87. The summed E-state index contributed by atoms with van der Waals surface area (Å²) in [7, 11) is 1.62. The van der Waals surface area contributed by atoms with Crippen LogP contribution >= 0.6 is 23.3 Å². The summed E-state index contributed by atoms with van der Waals surface area (Å²) in [5.74, 6) is 0.448. The number of rotatable bonds is 6. The van der Waals surface area contributed by atoms with Crippen molar-refractivity contribution in [3.05, 3.63) is 24.3 Å². The Balaban J connectivity index is 2.16. The fraction of sp³-hybridized carbons (Fsp3) is 0.250. The predicted octanol–water partition coefficient (Wildman–Crippen LogP) is 2.78. The molecular weight excluding hydrogens is 284 g/mol. The summed E-state index contributed by atoms with van der Waals surface area (Å²) in [6.45, 7) is 0. The van der Waals surface area contributed by atoms with Gasteiger partial charge in [-0.15, -0.1) is 16.9 Å². The van der Waals surface area contributed by atoms with Crippen molar-refractivity contribution < 1.29 is 14.6 Å². The van der Waals surface area contributed by atoms with Crippen LogP contribution in [0.15, 0.2) is 29.3 Å². The first kappa shape index (κ1) is 13.8. The van der Waals surface area contributed by atoms with E-state index in [9.17, 15) is 4.79 Å². The van der Waals surface area contributed by atoms with Crippen LogP contribution in [0.2, 0.25) is 0 Å². The quantitative estimate of drug-likeness (QED) is 0.826. The van der Waals surface area contributed by atoms with Crippen LogP contribution in [0, 0.1) is 0 Å². The Morgan fingerprint density at radius 1 is 1.53 bits per heavy atom. The molecule has 0 spiro atoms. The van der Waals surface area contributed by atoms with Crippen molar-refractivity contribution in [3.8, 4) is 16.2 Å². The SMILES string of the molecule is COc1cccc(-c2snnc2SCCC(=O)O)c1. The molecule has 0 saturated carbocycles. The number of carboxylic acids is 1. The molecule has 7 heteroatoms. The molecule has 2 rings (SSSR count). The van der Waals surface area contributed by atoms with Crippen molar-refractivity contribution in [2.45, 2.75) is 11.4 Å². The van der Waals surface area contributed by atoms with Crippen molar-refractivity contribution in [2.24, 2.45) is 0 Å². The van der Waals surface area contributed by atoms with Gasteiger partial charge in [0.2, 0.25) is 0 Å². The van der Waals surface area contributed by atoms with Crippen LogP contribution in [0.1, 0.15) is 6.42 Å². The lowest BCUT2D eigenvalue weighted by molar-refractivity contribution is -0.136. The number of thioether (sulfide) groups is 1. The monoisotopic (exact) mass is 296 g/mol. The molecule has 1 aromatic carbocycles. The predicted molar refractivity (Wildman–Crippen MR) is 74.9 cm³/mol.